The van der Waals surface area contributed by atoms with E-state index < -0.39 is 11.7 Å². The first kappa shape index (κ1) is 16.2. The van der Waals surface area contributed by atoms with Gasteiger partial charge in [0.25, 0.3) is 0 Å². The molecule has 1 aromatic heterocycles. The van der Waals surface area contributed by atoms with Gasteiger partial charge in [-0.2, -0.15) is 13.2 Å². The van der Waals surface area contributed by atoms with Crippen LogP contribution in [-0.4, -0.2) is 23.1 Å². The van der Waals surface area contributed by atoms with Gasteiger partial charge in [-0.15, -0.1) is 0 Å². The van der Waals surface area contributed by atoms with Crippen molar-refractivity contribution in [1.82, 2.24) is 9.97 Å². The van der Waals surface area contributed by atoms with E-state index in [1.165, 1.54) is 12.1 Å². The van der Waals surface area contributed by atoms with Crippen molar-refractivity contribution in [3.05, 3.63) is 41.2 Å². The van der Waals surface area contributed by atoms with E-state index in [0.29, 0.717) is 30.2 Å². The molecule has 0 fully saturated rings. The topological polar surface area (TPSA) is 63.8 Å². The molecular weight excluding hydrogens is 293 g/mol. The van der Waals surface area contributed by atoms with Gasteiger partial charge < -0.3 is 11.1 Å². The first-order valence-electron chi connectivity index (χ1n) is 6.80. The Morgan fingerprint density at radius 2 is 1.68 bits per heavy atom. The van der Waals surface area contributed by atoms with Crippen LogP contribution in [0.25, 0.3) is 11.4 Å². The Bertz CT molecular complexity index is 645. The maximum Gasteiger partial charge on any atom is 0.417 e. The monoisotopic (exact) mass is 310 g/mol. The van der Waals surface area contributed by atoms with Gasteiger partial charge in [0.1, 0.15) is 0 Å². The van der Waals surface area contributed by atoms with E-state index in [4.69, 9.17) is 5.73 Å². The number of halogens is 3. The van der Waals surface area contributed by atoms with Gasteiger partial charge in [0.2, 0.25) is 0 Å². The Hall–Kier alpha value is -2.15. The SMILES string of the molecule is Cc1nc(-c2ccccc2C(F)(F)F)nc(C)c1NCCN. The number of aromatic nitrogens is 2. The smallest absolute Gasteiger partial charge is 0.381 e. The second-order valence-corrected chi connectivity index (χ2v) is 4.85. The number of nitrogens with one attached hydrogen (secondary N) is 1. The minimum Gasteiger partial charge on any atom is -0.381 e. The number of nitrogens with zero attached hydrogens (tertiary/aromatic N) is 2. The van der Waals surface area contributed by atoms with Crippen molar-refractivity contribution in [2.24, 2.45) is 5.73 Å². The fourth-order valence-electron chi connectivity index (χ4n) is 2.22. The molecule has 0 amide bonds. The van der Waals surface area contributed by atoms with Crippen LogP contribution in [0, 0.1) is 13.8 Å². The predicted molar refractivity (Wildman–Crippen MR) is 79.5 cm³/mol. The Balaban J connectivity index is 2.51. The molecule has 0 spiro atoms. The standard InChI is InChI=1S/C15H17F3N4/c1-9-13(20-8-7-19)10(2)22-14(21-9)11-5-3-4-6-12(11)15(16,17)18/h3-6,20H,7-8,19H2,1-2H3. The molecular formula is C15H17F3N4. The third-order valence-electron chi connectivity index (χ3n) is 3.19. The predicted octanol–water partition coefficient (Wildman–Crippen LogP) is 3.15. The zero-order valence-corrected chi connectivity index (χ0v) is 12.3. The molecule has 0 aliphatic heterocycles. The minimum absolute atomic E-state index is 0.0217. The van der Waals surface area contributed by atoms with Gasteiger partial charge in [0.05, 0.1) is 22.6 Å². The molecule has 3 N–H and O–H groups in total. The first-order chi connectivity index (χ1) is 10.3. The third kappa shape index (κ3) is 3.36. The van der Waals surface area contributed by atoms with Crippen LogP contribution in [0.15, 0.2) is 24.3 Å². The molecule has 0 aliphatic rings. The van der Waals surface area contributed by atoms with Crippen LogP contribution >= 0.6 is 0 Å². The van der Waals surface area contributed by atoms with E-state index in [9.17, 15) is 13.2 Å². The third-order valence-corrected chi connectivity index (χ3v) is 3.19. The van der Waals surface area contributed by atoms with E-state index >= 15 is 0 Å². The van der Waals surface area contributed by atoms with Gasteiger partial charge in [-0.05, 0) is 19.9 Å². The fraction of sp³-hybridized carbons (Fsp3) is 0.333. The highest BCUT2D eigenvalue weighted by Crippen LogP contribution is 2.36. The highest BCUT2D eigenvalue weighted by molar-refractivity contribution is 5.64. The Morgan fingerprint density at radius 1 is 1.09 bits per heavy atom. The lowest BCUT2D eigenvalue weighted by atomic mass is 10.1. The summed E-state index contributed by atoms with van der Waals surface area (Å²) in [4.78, 5) is 8.43. The molecule has 2 rings (SSSR count). The van der Waals surface area contributed by atoms with Crippen LogP contribution in [0.5, 0.6) is 0 Å². The maximum atomic E-state index is 13.1. The number of rotatable bonds is 4. The molecule has 0 aliphatic carbocycles. The van der Waals surface area contributed by atoms with Crippen LogP contribution in [-0.2, 0) is 6.18 Å². The van der Waals surface area contributed by atoms with Crippen LogP contribution in [0.1, 0.15) is 17.0 Å². The highest BCUT2D eigenvalue weighted by Gasteiger charge is 2.34. The zero-order chi connectivity index (χ0) is 16.3. The number of alkyl halides is 3. The molecule has 1 heterocycles. The lowest BCUT2D eigenvalue weighted by Gasteiger charge is -2.15. The van der Waals surface area contributed by atoms with Crippen molar-refractivity contribution in [2.75, 3.05) is 18.4 Å². The molecule has 1 aromatic carbocycles. The van der Waals surface area contributed by atoms with Crippen molar-refractivity contribution in [3.63, 3.8) is 0 Å². The van der Waals surface area contributed by atoms with Gasteiger partial charge >= 0.3 is 6.18 Å². The fourth-order valence-corrected chi connectivity index (χ4v) is 2.22. The molecule has 22 heavy (non-hydrogen) atoms. The quantitative estimate of drug-likeness (QED) is 0.910. The normalized spacial score (nSPS) is 11.5. The van der Waals surface area contributed by atoms with Crippen molar-refractivity contribution in [1.29, 1.82) is 0 Å². The summed E-state index contributed by atoms with van der Waals surface area (Å²) in [6.07, 6.45) is -4.45. The summed E-state index contributed by atoms with van der Waals surface area (Å²) in [6.45, 7) is 4.45. The summed E-state index contributed by atoms with van der Waals surface area (Å²) in [7, 11) is 0. The number of aryl methyl sites for hydroxylation is 2. The van der Waals surface area contributed by atoms with E-state index in [1.807, 2.05) is 0 Å². The summed E-state index contributed by atoms with van der Waals surface area (Å²) < 4.78 is 39.3. The molecule has 0 radical (unpaired) electrons. The van der Waals surface area contributed by atoms with E-state index in [1.54, 1.807) is 19.9 Å². The van der Waals surface area contributed by atoms with Crippen LogP contribution in [0.2, 0.25) is 0 Å². The average Bonchev–Trinajstić information content (AvgIpc) is 2.45. The van der Waals surface area contributed by atoms with Gasteiger partial charge in [0, 0.05) is 18.7 Å². The first-order valence-corrected chi connectivity index (χ1v) is 6.80. The van der Waals surface area contributed by atoms with Crippen LogP contribution < -0.4 is 11.1 Å². The van der Waals surface area contributed by atoms with Crippen LogP contribution in [0.4, 0.5) is 18.9 Å². The number of benzene rings is 1. The van der Waals surface area contributed by atoms with E-state index in [-0.39, 0.29) is 11.4 Å². The van der Waals surface area contributed by atoms with Crippen LogP contribution in [0.3, 0.4) is 0 Å². The molecule has 4 nitrogen and oxygen atoms in total. The van der Waals surface area contributed by atoms with Gasteiger partial charge in [-0.3, -0.25) is 0 Å². The van der Waals surface area contributed by atoms with Crippen molar-refractivity contribution >= 4 is 5.69 Å². The van der Waals surface area contributed by atoms with Gasteiger partial charge in [-0.1, -0.05) is 18.2 Å². The Morgan fingerprint density at radius 3 is 2.23 bits per heavy atom. The van der Waals surface area contributed by atoms with Gasteiger partial charge in [0.15, 0.2) is 5.82 Å². The average molecular weight is 310 g/mol. The van der Waals surface area contributed by atoms with E-state index in [0.717, 1.165) is 6.07 Å². The molecule has 0 saturated heterocycles. The van der Waals surface area contributed by atoms with Crippen molar-refractivity contribution < 1.29 is 13.2 Å². The largest absolute Gasteiger partial charge is 0.417 e. The second kappa shape index (κ2) is 6.31. The zero-order valence-electron chi connectivity index (χ0n) is 12.3. The van der Waals surface area contributed by atoms with Crippen molar-refractivity contribution in [2.45, 2.75) is 20.0 Å². The maximum absolute atomic E-state index is 13.1. The number of hydrogen-bond donors (Lipinski definition) is 2. The lowest BCUT2D eigenvalue weighted by molar-refractivity contribution is -0.137. The molecule has 118 valence electrons. The minimum atomic E-state index is -4.45. The second-order valence-electron chi connectivity index (χ2n) is 4.85. The molecule has 2 aromatic rings. The summed E-state index contributed by atoms with van der Waals surface area (Å²) in [5, 5.41) is 3.08. The van der Waals surface area contributed by atoms with Crippen molar-refractivity contribution in [3.8, 4) is 11.4 Å². The summed E-state index contributed by atoms with van der Waals surface area (Å²) >= 11 is 0. The number of nitrogens with two attached hydrogens (primary N) is 1. The molecule has 0 unspecified atom stereocenters. The highest BCUT2D eigenvalue weighted by atomic mass is 19.4. The molecule has 0 atom stereocenters. The number of hydrogen-bond acceptors (Lipinski definition) is 4. The molecule has 0 saturated carbocycles. The van der Waals surface area contributed by atoms with Gasteiger partial charge in [-0.25, -0.2) is 9.97 Å². The lowest BCUT2D eigenvalue weighted by Crippen LogP contribution is -2.16. The summed E-state index contributed by atoms with van der Waals surface area (Å²) in [5.41, 5.74) is 6.56. The molecule has 0 bridgehead atoms. The Kier molecular flexibility index (Phi) is 4.65. The summed E-state index contributed by atoms with van der Waals surface area (Å²) in [5.74, 6) is 0.0706. The number of anilines is 1. The summed E-state index contributed by atoms with van der Waals surface area (Å²) in [6, 6.07) is 5.30. The van der Waals surface area contributed by atoms with E-state index in [2.05, 4.69) is 15.3 Å². The Labute approximate surface area is 126 Å². The molecule has 7 heteroatoms.